The monoisotopic (exact) mass is 273 g/mol. The maximum atomic E-state index is 5.42. The van der Waals surface area contributed by atoms with E-state index in [1.165, 1.54) is 16.3 Å². The lowest BCUT2D eigenvalue weighted by atomic mass is 10.0. The van der Waals surface area contributed by atoms with E-state index in [4.69, 9.17) is 9.47 Å². The molecule has 0 saturated carbocycles. The van der Waals surface area contributed by atoms with Crippen LogP contribution in [0.3, 0.4) is 0 Å². The Morgan fingerprint density at radius 1 is 0.950 bits per heavy atom. The van der Waals surface area contributed by atoms with E-state index in [1.807, 2.05) is 12.1 Å². The number of ether oxygens (including phenoxy) is 2. The zero-order valence-electron chi connectivity index (χ0n) is 12.3. The summed E-state index contributed by atoms with van der Waals surface area (Å²) in [7, 11) is 3.46. The summed E-state index contributed by atoms with van der Waals surface area (Å²) < 4.78 is 10.5. The normalized spacial score (nSPS) is 10.9. The Morgan fingerprint density at radius 2 is 1.75 bits per heavy atom. The number of methoxy groups -OCH3 is 2. The minimum absolute atomic E-state index is 0.840. The molecule has 0 spiro atoms. The molecule has 2 aromatic rings. The average Bonchev–Trinajstić information content (AvgIpc) is 2.50. The van der Waals surface area contributed by atoms with Gasteiger partial charge in [0, 0.05) is 25.6 Å². The van der Waals surface area contributed by atoms with Crippen molar-refractivity contribution in [2.45, 2.75) is 19.4 Å². The highest BCUT2D eigenvalue weighted by Gasteiger charge is 2.05. The molecule has 0 saturated heterocycles. The summed E-state index contributed by atoms with van der Waals surface area (Å²) in [4.78, 5) is 0. The summed E-state index contributed by atoms with van der Waals surface area (Å²) in [6, 6.07) is 12.6. The van der Waals surface area contributed by atoms with Crippen LogP contribution in [0.4, 0.5) is 0 Å². The average molecular weight is 273 g/mol. The third-order valence-electron chi connectivity index (χ3n) is 3.46. The zero-order chi connectivity index (χ0) is 14.2. The molecule has 20 heavy (non-hydrogen) atoms. The molecule has 0 heterocycles. The predicted molar refractivity (Wildman–Crippen MR) is 83.3 cm³/mol. The number of nitrogens with one attached hydrogen (secondary N) is 1. The first-order valence-corrected chi connectivity index (χ1v) is 7.11. The summed E-state index contributed by atoms with van der Waals surface area (Å²) in [5.41, 5.74) is 1.31. The van der Waals surface area contributed by atoms with E-state index in [9.17, 15) is 0 Å². The van der Waals surface area contributed by atoms with Crippen molar-refractivity contribution >= 4 is 10.8 Å². The van der Waals surface area contributed by atoms with Gasteiger partial charge in [0.05, 0.1) is 7.11 Å². The first kappa shape index (κ1) is 14.8. The van der Waals surface area contributed by atoms with E-state index < -0.39 is 0 Å². The molecule has 3 nitrogen and oxygen atoms in total. The van der Waals surface area contributed by atoms with Crippen LogP contribution in [0.15, 0.2) is 36.4 Å². The highest BCUT2D eigenvalue weighted by molar-refractivity contribution is 5.91. The van der Waals surface area contributed by atoms with Gasteiger partial charge in [0.2, 0.25) is 0 Å². The van der Waals surface area contributed by atoms with Crippen molar-refractivity contribution in [2.75, 3.05) is 27.4 Å². The highest BCUT2D eigenvalue weighted by Crippen LogP contribution is 2.28. The van der Waals surface area contributed by atoms with Gasteiger partial charge in [0.25, 0.3) is 0 Å². The number of hydrogen-bond donors (Lipinski definition) is 1. The molecule has 1 N–H and O–H groups in total. The minimum Gasteiger partial charge on any atom is -0.496 e. The lowest BCUT2D eigenvalue weighted by Gasteiger charge is -2.11. The zero-order valence-corrected chi connectivity index (χ0v) is 12.3. The molecule has 0 amide bonds. The van der Waals surface area contributed by atoms with Crippen LogP contribution in [0.25, 0.3) is 10.8 Å². The summed E-state index contributed by atoms with van der Waals surface area (Å²) in [6.07, 6.45) is 2.24. The molecule has 0 radical (unpaired) electrons. The lowest BCUT2D eigenvalue weighted by molar-refractivity contribution is 0.192. The molecule has 108 valence electrons. The van der Waals surface area contributed by atoms with Crippen molar-refractivity contribution in [3.05, 3.63) is 42.0 Å². The van der Waals surface area contributed by atoms with Crippen molar-refractivity contribution in [3.63, 3.8) is 0 Å². The van der Waals surface area contributed by atoms with Gasteiger partial charge in [-0.3, -0.25) is 0 Å². The van der Waals surface area contributed by atoms with Crippen molar-refractivity contribution in [3.8, 4) is 5.75 Å². The van der Waals surface area contributed by atoms with E-state index in [2.05, 4.69) is 29.6 Å². The fourth-order valence-electron chi connectivity index (χ4n) is 2.39. The van der Waals surface area contributed by atoms with Crippen LogP contribution in [0.5, 0.6) is 5.75 Å². The Hall–Kier alpha value is -1.58. The Morgan fingerprint density at radius 3 is 2.50 bits per heavy atom. The second kappa shape index (κ2) is 7.88. The lowest BCUT2D eigenvalue weighted by Crippen LogP contribution is -2.15. The molecule has 0 unspecified atom stereocenters. The summed E-state index contributed by atoms with van der Waals surface area (Å²) in [5, 5.41) is 5.93. The number of hydrogen-bond acceptors (Lipinski definition) is 3. The molecule has 0 aliphatic heterocycles. The van der Waals surface area contributed by atoms with Crippen LogP contribution in [0.1, 0.15) is 18.4 Å². The maximum absolute atomic E-state index is 5.42. The smallest absolute Gasteiger partial charge is 0.126 e. The third kappa shape index (κ3) is 3.71. The first-order chi connectivity index (χ1) is 9.86. The molecule has 3 heteroatoms. The summed E-state index contributed by atoms with van der Waals surface area (Å²) in [6.45, 7) is 2.74. The van der Waals surface area contributed by atoms with Crippen molar-refractivity contribution < 1.29 is 9.47 Å². The first-order valence-electron chi connectivity index (χ1n) is 7.11. The molecular formula is C17H23NO2. The van der Waals surface area contributed by atoms with Crippen molar-refractivity contribution in [1.82, 2.24) is 5.32 Å². The van der Waals surface area contributed by atoms with E-state index in [-0.39, 0.29) is 0 Å². The molecule has 0 aliphatic rings. The molecule has 0 atom stereocenters. The molecule has 0 aromatic heterocycles. The van der Waals surface area contributed by atoms with E-state index >= 15 is 0 Å². The van der Waals surface area contributed by atoms with Crippen LogP contribution < -0.4 is 10.1 Å². The Balaban J connectivity index is 2.00. The van der Waals surface area contributed by atoms with Crippen LogP contribution in [-0.4, -0.2) is 27.4 Å². The van der Waals surface area contributed by atoms with E-state index in [1.54, 1.807) is 14.2 Å². The number of rotatable bonds is 8. The number of fused-ring (bicyclic) bond motifs is 1. The van der Waals surface area contributed by atoms with Gasteiger partial charge in [-0.1, -0.05) is 30.3 Å². The second-order valence-electron chi connectivity index (χ2n) is 4.85. The van der Waals surface area contributed by atoms with Crippen molar-refractivity contribution in [2.24, 2.45) is 0 Å². The van der Waals surface area contributed by atoms with E-state index in [0.717, 1.165) is 38.3 Å². The fourth-order valence-corrected chi connectivity index (χ4v) is 2.39. The number of benzene rings is 2. The van der Waals surface area contributed by atoms with Gasteiger partial charge in [-0.25, -0.2) is 0 Å². The summed E-state index contributed by atoms with van der Waals surface area (Å²) >= 11 is 0. The Bertz CT molecular complexity index is 540. The summed E-state index contributed by atoms with van der Waals surface area (Å²) in [5.74, 6) is 0.935. The van der Waals surface area contributed by atoms with Crippen LogP contribution >= 0.6 is 0 Å². The van der Waals surface area contributed by atoms with Gasteiger partial charge >= 0.3 is 0 Å². The fraction of sp³-hybridized carbons (Fsp3) is 0.412. The third-order valence-corrected chi connectivity index (χ3v) is 3.46. The quantitative estimate of drug-likeness (QED) is 0.748. The SMILES string of the molecule is COCCCCNCc1ccc(OC)c2ccccc12. The standard InChI is InChI=1S/C17H23NO2/c1-19-12-6-5-11-18-13-14-9-10-17(20-2)16-8-4-3-7-15(14)16/h3-4,7-10,18H,5-6,11-13H2,1-2H3. The van der Waals surface area contributed by atoms with Gasteiger partial charge in [-0.2, -0.15) is 0 Å². The largest absolute Gasteiger partial charge is 0.496 e. The molecule has 0 fully saturated rings. The molecular weight excluding hydrogens is 250 g/mol. The van der Waals surface area contributed by atoms with Crippen LogP contribution in [0, 0.1) is 0 Å². The van der Waals surface area contributed by atoms with Gasteiger partial charge in [0.15, 0.2) is 0 Å². The van der Waals surface area contributed by atoms with Crippen molar-refractivity contribution in [1.29, 1.82) is 0 Å². The van der Waals surface area contributed by atoms with Gasteiger partial charge in [0.1, 0.15) is 5.75 Å². The van der Waals surface area contributed by atoms with Gasteiger partial charge in [-0.15, -0.1) is 0 Å². The predicted octanol–water partition coefficient (Wildman–Crippen LogP) is 3.36. The molecule has 2 rings (SSSR count). The second-order valence-corrected chi connectivity index (χ2v) is 4.85. The maximum Gasteiger partial charge on any atom is 0.126 e. The Labute approximate surface area is 120 Å². The van der Waals surface area contributed by atoms with Gasteiger partial charge < -0.3 is 14.8 Å². The van der Waals surface area contributed by atoms with Gasteiger partial charge in [-0.05, 0) is 36.4 Å². The molecule has 2 aromatic carbocycles. The Kier molecular flexibility index (Phi) is 5.84. The topological polar surface area (TPSA) is 30.5 Å². The van der Waals surface area contributed by atoms with Crippen LogP contribution in [0.2, 0.25) is 0 Å². The van der Waals surface area contributed by atoms with Crippen LogP contribution in [-0.2, 0) is 11.3 Å². The molecule has 0 aliphatic carbocycles. The minimum atomic E-state index is 0.840. The molecule has 0 bridgehead atoms. The highest BCUT2D eigenvalue weighted by atomic mass is 16.5. The number of unbranched alkanes of at least 4 members (excludes halogenated alkanes) is 1. The van der Waals surface area contributed by atoms with E-state index in [0.29, 0.717) is 0 Å².